The highest BCUT2D eigenvalue weighted by atomic mass is 127. The molecule has 23 heavy (non-hydrogen) atoms. The van der Waals surface area contributed by atoms with Crippen LogP contribution in [0, 0.1) is 0 Å². The molecule has 0 aromatic carbocycles. The molecule has 124 valence electrons. The van der Waals surface area contributed by atoms with Gasteiger partial charge in [-0.1, -0.05) is 6.07 Å². The fourth-order valence-electron chi connectivity index (χ4n) is 2.31. The number of imidazole rings is 1. The molecule has 8 heteroatoms. The zero-order chi connectivity index (χ0) is 15.2. The van der Waals surface area contributed by atoms with E-state index in [2.05, 4.69) is 20.3 Å². The van der Waals surface area contributed by atoms with Crippen molar-refractivity contribution in [3.63, 3.8) is 0 Å². The topological polar surface area (TPSA) is 90.4 Å². The van der Waals surface area contributed by atoms with E-state index in [0.717, 1.165) is 30.8 Å². The van der Waals surface area contributed by atoms with Crippen molar-refractivity contribution < 1.29 is 4.74 Å². The first-order chi connectivity index (χ1) is 10.8. The molecule has 2 aromatic heterocycles. The third-order valence-corrected chi connectivity index (χ3v) is 3.54. The van der Waals surface area contributed by atoms with Crippen molar-refractivity contribution in [1.29, 1.82) is 0 Å². The van der Waals surface area contributed by atoms with Crippen LogP contribution in [0.1, 0.15) is 18.4 Å². The highest BCUT2D eigenvalue weighted by Gasteiger charge is 2.14. The molecule has 0 spiro atoms. The lowest BCUT2D eigenvalue weighted by molar-refractivity contribution is 0.114. The Bertz CT molecular complexity index is 607. The monoisotopic (exact) mass is 428 g/mol. The number of nitrogens with one attached hydrogen (secondary N) is 1. The molecule has 0 amide bonds. The summed E-state index contributed by atoms with van der Waals surface area (Å²) >= 11 is 0. The van der Waals surface area contributed by atoms with Gasteiger partial charge in [0.2, 0.25) is 0 Å². The summed E-state index contributed by atoms with van der Waals surface area (Å²) in [6.07, 6.45) is 9.55. The lowest BCUT2D eigenvalue weighted by Crippen LogP contribution is -2.37. The Morgan fingerprint density at radius 2 is 2.39 bits per heavy atom. The molecule has 3 N–H and O–H groups in total. The molecule has 1 fully saturated rings. The first-order valence-electron chi connectivity index (χ1n) is 7.40. The van der Waals surface area contributed by atoms with Gasteiger partial charge in [0.05, 0.1) is 12.6 Å². The summed E-state index contributed by atoms with van der Waals surface area (Å²) < 4.78 is 7.38. The minimum atomic E-state index is 0. The minimum Gasteiger partial charge on any atom is -0.376 e. The normalized spacial score (nSPS) is 17.7. The van der Waals surface area contributed by atoms with Gasteiger partial charge in [-0.25, -0.2) is 15.0 Å². The van der Waals surface area contributed by atoms with E-state index in [1.807, 2.05) is 22.9 Å². The van der Waals surface area contributed by atoms with Crippen molar-refractivity contribution in [1.82, 2.24) is 19.9 Å². The molecule has 0 bridgehead atoms. The van der Waals surface area contributed by atoms with Crippen molar-refractivity contribution >= 4 is 29.9 Å². The molecule has 1 unspecified atom stereocenters. The van der Waals surface area contributed by atoms with Crippen LogP contribution < -0.4 is 11.1 Å². The number of aliphatic imine (C=N–C) groups is 1. The molecule has 3 heterocycles. The number of guanidine groups is 1. The smallest absolute Gasteiger partial charge is 0.189 e. The quantitative estimate of drug-likeness (QED) is 0.428. The molecular formula is C15H21IN6O. The Morgan fingerprint density at radius 3 is 3.04 bits per heavy atom. The fraction of sp³-hybridized carbons (Fsp3) is 0.400. The van der Waals surface area contributed by atoms with Crippen LogP contribution in [0.2, 0.25) is 0 Å². The van der Waals surface area contributed by atoms with Gasteiger partial charge in [-0.05, 0) is 24.5 Å². The van der Waals surface area contributed by atoms with Crippen molar-refractivity contribution in [3.8, 4) is 5.82 Å². The van der Waals surface area contributed by atoms with E-state index >= 15 is 0 Å². The maximum absolute atomic E-state index is 5.86. The Labute approximate surface area is 152 Å². The van der Waals surface area contributed by atoms with Crippen LogP contribution in [0.25, 0.3) is 5.82 Å². The molecule has 2 aromatic rings. The maximum atomic E-state index is 5.86. The van der Waals surface area contributed by atoms with Gasteiger partial charge in [0.15, 0.2) is 5.96 Å². The van der Waals surface area contributed by atoms with E-state index in [9.17, 15) is 0 Å². The van der Waals surface area contributed by atoms with Crippen LogP contribution >= 0.6 is 24.0 Å². The van der Waals surface area contributed by atoms with Gasteiger partial charge in [-0.2, -0.15) is 0 Å². The molecular weight excluding hydrogens is 407 g/mol. The highest BCUT2D eigenvalue weighted by Crippen LogP contribution is 2.10. The van der Waals surface area contributed by atoms with Crippen LogP contribution in [0.15, 0.2) is 42.0 Å². The lowest BCUT2D eigenvalue weighted by atomic mass is 10.2. The molecule has 1 atom stereocenters. The number of aromatic nitrogens is 3. The second-order valence-corrected chi connectivity index (χ2v) is 5.21. The van der Waals surface area contributed by atoms with E-state index in [4.69, 9.17) is 10.5 Å². The Balaban J connectivity index is 0.00000192. The first kappa shape index (κ1) is 17.7. The van der Waals surface area contributed by atoms with Gasteiger partial charge in [-0.15, -0.1) is 24.0 Å². The predicted molar refractivity (Wildman–Crippen MR) is 99.1 cm³/mol. The molecule has 0 aliphatic carbocycles. The van der Waals surface area contributed by atoms with Gasteiger partial charge in [0, 0.05) is 31.7 Å². The van der Waals surface area contributed by atoms with Crippen molar-refractivity contribution in [2.75, 3.05) is 13.2 Å². The molecule has 3 rings (SSSR count). The zero-order valence-corrected chi connectivity index (χ0v) is 15.1. The fourth-order valence-corrected chi connectivity index (χ4v) is 2.31. The molecule has 1 saturated heterocycles. The van der Waals surface area contributed by atoms with Gasteiger partial charge >= 0.3 is 0 Å². The number of ether oxygens (including phenoxy) is 1. The lowest BCUT2D eigenvalue weighted by Gasteiger charge is -2.11. The second-order valence-electron chi connectivity index (χ2n) is 5.21. The average molecular weight is 428 g/mol. The van der Waals surface area contributed by atoms with Crippen molar-refractivity contribution in [2.45, 2.75) is 25.5 Å². The van der Waals surface area contributed by atoms with E-state index in [0.29, 0.717) is 19.0 Å². The molecule has 7 nitrogen and oxygen atoms in total. The third kappa shape index (κ3) is 5.17. The summed E-state index contributed by atoms with van der Waals surface area (Å²) in [4.78, 5) is 12.7. The van der Waals surface area contributed by atoms with Crippen LogP contribution in [-0.2, 0) is 11.3 Å². The van der Waals surface area contributed by atoms with Gasteiger partial charge < -0.3 is 15.8 Å². The Hall–Kier alpha value is -1.68. The minimum absolute atomic E-state index is 0. The Kier molecular flexibility index (Phi) is 6.78. The highest BCUT2D eigenvalue weighted by molar-refractivity contribution is 14.0. The van der Waals surface area contributed by atoms with E-state index < -0.39 is 0 Å². The van der Waals surface area contributed by atoms with Crippen LogP contribution in [0.5, 0.6) is 0 Å². The maximum Gasteiger partial charge on any atom is 0.189 e. The Morgan fingerprint density at radius 1 is 1.48 bits per heavy atom. The van der Waals surface area contributed by atoms with Crippen LogP contribution in [0.4, 0.5) is 0 Å². The van der Waals surface area contributed by atoms with Crippen molar-refractivity contribution in [3.05, 3.63) is 42.6 Å². The summed E-state index contributed by atoms with van der Waals surface area (Å²) in [5.41, 5.74) is 6.86. The largest absolute Gasteiger partial charge is 0.376 e. The molecule has 0 saturated carbocycles. The van der Waals surface area contributed by atoms with E-state index in [1.54, 1.807) is 18.7 Å². The number of nitrogens with zero attached hydrogens (tertiary/aromatic N) is 4. The van der Waals surface area contributed by atoms with Crippen molar-refractivity contribution in [2.24, 2.45) is 10.7 Å². The number of rotatable bonds is 5. The van der Waals surface area contributed by atoms with Gasteiger partial charge in [0.25, 0.3) is 0 Å². The van der Waals surface area contributed by atoms with E-state index in [1.165, 1.54) is 0 Å². The molecule has 1 aliphatic rings. The molecule has 0 radical (unpaired) electrons. The number of hydrogen-bond acceptors (Lipinski definition) is 4. The number of pyridine rings is 1. The number of halogens is 1. The van der Waals surface area contributed by atoms with Gasteiger partial charge in [-0.3, -0.25) is 4.57 Å². The summed E-state index contributed by atoms with van der Waals surface area (Å²) in [6.45, 7) is 2.06. The number of nitrogens with two attached hydrogens (primary N) is 1. The standard InChI is InChI=1S/C15H20N6O.HI/c16-15(20-10-13-2-1-7-22-13)19-9-12-3-4-14(18-8-12)21-6-5-17-11-21;/h3-6,8,11,13H,1-2,7,9-10H2,(H3,16,19,20);1H. The molecule has 1 aliphatic heterocycles. The third-order valence-electron chi connectivity index (χ3n) is 3.54. The van der Waals surface area contributed by atoms with Crippen LogP contribution in [0.3, 0.4) is 0 Å². The summed E-state index contributed by atoms with van der Waals surface area (Å²) in [7, 11) is 0. The van der Waals surface area contributed by atoms with Gasteiger partial charge in [0.1, 0.15) is 12.1 Å². The average Bonchev–Trinajstić information content (AvgIpc) is 3.24. The SMILES string of the molecule is I.NC(=NCc1ccc(-n2ccnc2)nc1)NCC1CCCO1. The summed E-state index contributed by atoms with van der Waals surface area (Å²) in [6, 6.07) is 3.92. The first-order valence-corrected chi connectivity index (χ1v) is 7.40. The van der Waals surface area contributed by atoms with Crippen LogP contribution in [-0.4, -0.2) is 39.8 Å². The number of hydrogen-bond donors (Lipinski definition) is 2. The second kappa shape index (κ2) is 8.82. The van der Waals surface area contributed by atoms with E-state index in [-0.39, 0.29) is 30.1 Å². The summed E-state index contributed by atoms with van der Waals surface area (Å²) in [5, 5.41) is 3.10. The predicted octanol–water partition coefficient (Wildman–Crippen LogP) is 1.47. The zero-order valence-electron chi connectivity index (χ0n) is 12.8. The summed E-state index contributed by atoms with van der Waals surface area (Å²) in [5.74, 6) is 1.27.